The number of methoxy groups -OCH3 is 1. The lowest BCUT2D eigenvalue weighted by Gasteiger charge is -2.41. The molecule has 36 heavy (non-hydrogen) atoms. The van der Waals surface area contributed by atoms with E-state index in [1.807, 2.05) is 42.5 Å². The fourth-order valence-electron chi connectivity index (χ4n) is 6.52. The first-order valence-corrected chi connectivity index (χ1v) is 13.0. The average molecular weight is 553 g/mol. The van der Waals surface area contributed by atoms with Gasteiger partial charge in [-0.1, -0.05) is 58.4 Å². The summed E-state index contributed by atoms with van der Waals surface area (Å²) in [6, 6.07) is 17.9. The van der Waals surface area contributed by atoms with Gasteiger partial charge in [0.05, 0.1) is 44.4 Å². The lowest BCUT2D eigenvalue weighted by molar-refractivity contribution is -0.152. The van der Waals surface area contributed by atoms with Crippen LogP contribution in [0.25, 0.3) is 0 Å². The van der Waals surface area contributed by atoms with E-state index in [4.69, 9.17) is 14.2 Å². The predicted octanol–water partition coefficient (Wildman–Crippen LogP) is 3.43. The molecule has 0 radical (unpaired) electrons. The fraction of sp³-hybridized carbons (Fsp3) is 0.393. The molecule has 1 saturated carbocycles. The Morgan fingerprint density at radius 2 is 1.81 bits per heavy atom. The molecule has 2 aromatic carbocycles. The highest BCUT2D eigenvalue weighted by molar-refractivity contribution is 9.10. The Kier molecular flexibility index (Phi) is 6.05. The summed E-state index contributed by atoms with van der Waals surface area (Å²) < 4.78 is 19.0. The van der Waals surface area contributed by atoms with Crippen molar-refractivity contribution in [2.24, 2.45) is 5.92 Å². The van der Waals surface area contributed by atoms with Crippen LogP contribution >= 0.6 is 15.9 Å². The van der Waals surface area contributed by atoms with E-state index in [1.54, 1.807) is 19.5 Å². The molecule has 3 aromatic rings. The third-order valence-electron chi connectivity index (χ3n) is 8.02. The van der Waals surface area contributed by atoms with Crippen LogP contribution in [0.1, 0.15) is 22.6 Å². The van der Waals surface area contributed by atoms with E-state index < -0.39 is 17.3 Å². The number of fused-ring (bicyclic) bond motifs is 3. The second-order valence-electron chi connectivity index (χ2n) is 9.74. The minimum Gasteiger partial charge on any atom is -0.495 e. The van der Waals surface area contributed by atoms with Gasteiger partial charge in [-0.3, -0.25) is 9.88 Å². The number of rotatable bonds is 5. The molecule has 2 fully saturated rings. The Morgan fingerprint density at radius 1 is 1.08 bits per heavy atom. The number of nitrogens with zero attached hydrogens (tertiary/aromatic N) is 2. The molecule has 188 valence electrons. The molecule has 7 nitrogen and oxygen atoms in total. The molecule has 0 spiro atoms. The number of benzene rings is 2. The molecule has 6 rings (SSSR count). The van der Waals surface area contributed by atoms with E-state index in [9.17, 15) is 10.2 Å². The summed E-state index contributed by atoms with van der Waals surface area (Å²) in [5.41, 5.74) is -0.857. The second kappa shape index (κ2) is 9.11. The van der Waals surface area contributed by atoms with E-state index in [-0.39, 0.29) is 11.8 Å². The first-order valence-electron chi connectivity index (χ1n) is 12.2. The number of hydrogen-bond acceptors (Lipinski definition) is 7. The fourth-order valence-corrected chi connectivity index (χ4v) is 6.78. The van der Waals surface area contributed by atoms with Gasteiger partial charge in [0.15, 0.2) is 11.2 Å². The van der Waals surface area contributed by atoms with Crippen LogP contribution < -0.4 is 9.47 Å². The summed E-state index contributed by atoms with van der Waals surface area (Å²) in [7, 11) is 1.54. The molecule has 0 amide bonds. The first-order chi connectivity index (χ1) is 17.5. The maximum atomic E-state index is 12.8. The van der Waals surface area contributed by atoms with E-state index in [0.717, 1.165) is 28.7 Å². The van der Waals surface area contributed by atoms with E-state index in [0.29, 0.717) is 36.8 Å². The van der Waals surface area contributed by atoms with Crippen LogP contribution in [-0.4, -0.2) is 66.2 Å². The Bertz CT molecular complexity index is 1240. The van der Waals surface area contributed by atoms with Crippen molar-refractivity contribution in [3.8, 4) is 11.5 Å². The van der Waals surface area contributed by atoms with Crippen molar-refractivity contribution in [3.63, 3.8) is 0 Å². The molecule has 1 saturated heterocycles. The van der Waals surface area contributed by atoms with Gasteiger partial charge in [-0.25, -0.2) is 0 Å². The summed E-state index contributed by atoms with van der Waals surface area (Å²) in [5, 5.41) is 25.0. The first kappa shape index (κ1) is 23.9. The third-order valence-corrected chi connectivity index (χ3v) is 8.55. The lowest BCUT2D eigenvalue weighted by Crippen LogP contribution is -2.52. The maximum absolute atomic E-state index is 12.8. The summed E-state index contributed by atoms with van der Waals surface area (Å²) >= 11 is 3.54. The molecule has 0 bridgehead atoms. The Labute approximate surface area is 218 Å². The number of aliphatic hydroxyl groups excluding tert-OH is 1. The minimum absolute atomic E-state index is 0.329. The molecule has 3 heterocycles. The smallest absolute Gasteiger partial charge is 0.177 e. The second-order valence-corrected chi connectivity index (χ2v) is 10.7. The number of ether oxygens (including phenoxy) is 3. The zero-order valence-corrected chi connectivity index (χ0v) is 21.6. The number of aliphatic hydroxyl groups is 2. The number of hydrogen-bond donors (Lipinski definition) is 2. The number of morpholine rings is 1. The minimum atomic E-state index is -1.78. The van der Waals surface area contributed by atoms with Gasteiger partial charge in [0.2, 0.25) is 0 Å². The SMILES string of the molecule is COc1cncc2c1C1(O)C(O)C(CN3CCOCC3)C(c3ccccc3)C1(c1ccc(Br)cc1)O2. The van der Waals surface area contributed by atoms with E-state index >= 15 is 0 Å². The topological polar surface area (TPSA) is 84.3 Å². The normalized spacial score (nSPS) is 31.5. The summed E-state index contributed by atoms with van der Waals surface area (Å²) in [4.78, 5) is 6.59. The van der Waals surface area contributed by atoms with E-state index in [1.165, 1.54) is 0 Å². The molecule has 5 unspecified atom stereocenters. The monoisotopic (exact) mass is 552 g/mol. The molecular weight excluding hydrogens is 524 g/mol. The van der Waals surface area contributed by atoms with Crippen LogP contribution in [0.3, 0.4) is 0 Å². The summed E-state index contributed by atoms with van der Waals surface area (Å²) in [6.07, 6.45) is 2.03. The van der Waals surface area contributed by atoms with Crippen LogP contribution in [0.5, 0.6) is 11.5 Å². The largest absolute Gasteiger partial charge is 0.495 e. The Balaban J connectivity index is 1.61. The van der Waals surface area contributed by atoms with Gasteiger partial charge in [0, 0.05) is 35.9 Å². The van der Waals surface area contributed by atoms with Gasteiger partial charge in [0.1, 0.15) is 11.5 Å². The lowest BCUT2D eigenvalue weighted by atomic mass is 9.70. The van der Waals surface area contributed by atoms with Crippen molar-refractivity contribution in [1.82, 2.24) is 9.88 Å². The summed E-state index contributed by atoms with van der Waals surface area (Å²) in [5.74, 6) is 0.126. The van der Waals surface area contributed by atoms with Crippen LogP contribution in [0, 0.1) is 5.92 Å². The molecule has 2 N–H and O–H groups in total. The van der Waals surface area contributed by atoms with Gasteiger partial charge >= 0.3 is 0 Å². The zero-order valence-electron chi connectivity index (χ0n) is 20.0. The quantitative estimate of drug-likeness (QED) is 0.501. The average Bonchev–Trinajstić information content (AvgIpc) is 3.28. The maximum Gasteiger partial charge on any atom is 0.177 e. The Morgan fingerprint density at radius 3 is 2.50 bits per heavy atom. The molecule has 3 aliphatic rings. The number of aromatic nitrogens is 1. The number of halogens is 1. The predicted molar refractivity (Wildman–Crippen MR) is 137 cm³/mol. The van der Waals surface area contributed by atoms with Crippen molar-refractivity contribution in [2.45, 2.75) is 23.2 Å². The summed E-state index contributed by atoms with van der Waals surface area (Å²) in [6.45, 7) is 3.45. The molecule has 2 aliphatic heterocycles. The standard InChI is InChI=1S/C28H29BrN2O5/c1-34-22-15-30-16-23-25(22)27(33)26(32)21(17-31-11-13-35-14-12-31)24(18-5-3-2-4-6-18)28(27,36-23)19-7-9-20(29)10-8-19/h2-10,15-16,21,24,26,32-33H,11-14,17H2,1H3. The van der Waals surface area contributed by atoms with Gasteiger partial charge in [0.25, 0.3) is 0 Å². The highest BCUT2D eigenvalue weighted by atomic mass is 79.9. The highest BCUT2D eigenvalue weighted by Gasteiger charge is 2.76. The zero-order chi connectivity index (χ0) is 24.9. The highest BCUT2D eigenvalue weighted by Crippen LogP contribution is 2.69. The van der Waals surface area contributed by atoms with Gasteiger partial charge < -0.3 is 24.4 Å². The molecule has 1 aromatic heterocycles. The van der Waals surface area contributed by atoms with Gasteiger partial charge in [-0.15, -0.1) is 0 Å². The van der Waals surface area contributed by atoms with Crippen LogP contribution in [-0.2, 0) is 15.9 Å². The van der Waals surface area contributed by atoms with Crippen LogP contribution in [0.2, 0.25) is 0 Å². The van der Waals surface area contributed by atoms with Crippen molar-refractivity contribution in [3.05, 3.63) is 88.2 Å². The van der Waals surface area contributed by atoms with Crippen LogP contribution in [0.4, 0.5) is 0 Å². The van der Waals surface area contributed by atoms with Crippen molar-refractivity contribution >= 4 is 15.9 Å². The molecule has 8 heteroatoms. The van der Waals surface area contributed by atoms with Crippen molar-refractivity contribution in [1.29, 1.82) is 0 Å². The van der Waals surface area contributed by atoms with Crippen molar-refractivity contribution < 1.29 is 24.4 Å². The van der Waals surface area contributed by atoms with Gasteiger partial charge in [-0.05, 0) is 23.3 Å². The van der Waals surface area contributed by atoms with E-state index in [2.05, 4.69) is 37.9 Å². The molecular formula is C28H29BrN2O5. The molecule has 5 atom stereocenters. The van der Waals surface area contributed by atoms with Crippen molar-refractivity contribution in [2.75, 3.05) is 40.0 Å². The third kappa shape index (κ3) is 3.35. The Hall–Kier alpha value is -2.49. The number of pyridine rings is 1. The molecule has 1 aliphatic carbocycles. The van der Waals surface area contributed by atoms with Crippen LogP contribution in [0.15, 0.2) is 71.5 Å². The van der Waals surface area contributed by atoms with Gasteiger partial charge in [-0.2, -0.15) is 0 Å².